The van der Waals surface area contributed by atoms with Crippen LogP contribution in [-0.2, 0) is 0 Å². The molecule has 7 heteroatoms. The Morgan fingerprint density at radius 1 is 1.13 bits per heavy atom. The Balaban J connectivity index is 1.70. The summed E-state index contributed by atoms with van der Waals surface area (Å²) in [5.74, 6) is -0.248. The van der Waals surface area contributed by atoms with E-state index in [2.05, 4.69) is 15.3 Å². The van der Waals surface area contributed by atoms with Gasteiger partial charge in [0, 0.05) is 11.1 Å². The van der Waals surface area contributed by atoms with E-state index in [0.717, 1.165) is 26.1 Å². The van der Waals surface area contributed by atoms with Gasteiger partial charge in [-0.2, -0.15) is 0 Å². The average Bonchev–Trinajstić information content (AvgIpc) is 3.07. The number of rotatable bonds is 2. The standard InChI is InChI=1S/C16H12N4OS2/c1-8-6-7-9-12(17)13(23-15(9)18-8)14(21)20-16-19-10-4-2-3-5-11(10)22-16/h2-7H,17H2,1H3,(H,19,20,21). The monoisotopic (exact) mass is 340 g/mol. The number of aryl methyl sites for hydroxylation is 1. The first-order valence-electron chi connectivity index (χ1n) is 6.94. The molecule has 0 fully saturated rings. The van der Waals surface area contributed by atoms with Gasteiger partial charge in [0.25, 0.3) is 5.91 Å². The molecule has 3 N–H and O–H groups in total. The van der Waals surface area contributed by atoms with Crippen molar-refractivity contribution < 1.29 is 4.79 Å². The fourth-order valence-electron chi connectivity index (χ4n) is 2.34. The van der Waals surface area contributed by atoms with Crippen LogP contribution in [0.4, 0.5) is 10.8 Å². The number of carbonyl (C=O) groups excluding carboxylic acids is 1. The number of thiazole rings is 1. The molecule has 0 spiro atoms. The molecule has 0 aliphatic carbocycles. The largest absolute Gasteiger partial charge is 0.397 e. The zero-order valence-electron chi connectivity index (χ0n) is 12.2. The van der Waals surface area contributed by atoms with Gasteiger partial charge < -0.3 is 5.73 Å². The number of nitrogens with one attached hydrogen (secondary N) is 1. The zero-order valence-corrected chi connectivity index (χ0v) is 13.8. The van der Waals surface area contributed by atoms with E-state index in [0.29, 0.717) is 15.7 Å². The highest BCUT2D eigenvalue weighted by atomic mass is 32.1. The van der Waals surface area contributed by atoms with Gasteiger partial charge in [-0.15, -0.1) is 11.3 Å². The Morgan fingerprint density at radius 3 is 2.78 bits per heavy atom. The first-order valence-corrected chi connectivity index (χ1v) is 8.57. The third-order valence-electron chi connectivity index (χ3n) is 3.45. The van der Waals surface area contributed by atoms with Crippen molar-refractivity contribution in [3.63, 3.8) is 0 Å². The topological polar surface area (TPSA) is 80.9 Å². The van der Waals surface area contributed by atoms with Crippen LogP contribution in [0.25, 0.3) is 20.4 Å². The molecular formula is C16H12N4OS2. The summed E-state index contributed by atoms with van der Waals surface area (Å²) in [7, 11) is 0. The molecule has 0 aliphatic heterocycles. The van der Waals surface area contributed by atoms with Crippen molar-refractivity contribution in [2.24, 2.45) is 0 Å². The van der Waals surface area contributed by atoms with Crippen LogP contribution in [0.2, 0.25) is 0 Å². The van der Waals surface area contributed by atoms with Crippen LogP contribution < -0.4 is 11.1 Å². The second-order valence-corrected chi connectivity index (χ2v) is 7.12. The molecule has 1 amide bonds. The van der Waals surface area contributed by atoms with E-state index in [9.17, 15) is 4.79 Å². The molecule has 3 aromatic heterocycles. The Morgan fingerprint density at radius 2 is 1.96 bits per heavy atom. The molecule has 4 aromatic rings. The average molecular weight is 340 g/mol. The number of fused-ring (bicyclic) bond motifs is 2. The molecule has 1 aromatic carbocycles. The molecule has 4 rings (SSSR count). The molecule has 0 radical (unpaired) electrons. The summed E-state index contributed by atoms with van der Waals surface area (Å²) in [6.07, 6.45) is 0. The number of nitrogens with two attached hydrogens (primary N) is 1. The van der Waals surface area contributed by atoms with Gasteiger partial charge in [-0.05, 0) is 31.2 Å². The van der Waals surface area contributed by atoms with E-state index in [1.165, 1.54) is 22.7 Å². The van der Waals surface area contributed by atoms with Crippen LogP contribution in [0.3, 0.4) is 0 Å². The van der Waals surface area contributed by atoms with Crippen molar-refractivity contribution in [3.8, 4) is 0 Å². The number of hydrogen-bond acceptors (Lipinski definition) is 6. The number of amides is 1. The number of carbonyl (C=O) groups is 1. The van der Waals surface area contributed by atoms with Crippen molar-refractivity contribution in [2.45, 2.75) is 6.92 Å². The highest BCUT2D eigenvalue weighted by Gasteiger charge is 2.18. The van der Waals surface area contributed by atoms with Crippen molar-refractivity contribution in [1.82, 2.24) is 9.97 Å². The minimum atomic E-state index is -0.248. The summed E-state index contributed by atoms with van der Waals surface area (Å²) in [6.45, 7) is 1.91. The number of nitrogens with zero attached hydrogens (tertiary/aromatic N) is 2. The number of nitrogen functional groups attached to an aromatic ring is 1. The van der Waals surface area contributed by atoms with Crippen LogP contribution in [0.5, 0.6) is 0 Å². The molecule has 114 valence electrons. The van der Waals surface area contributed by atoms with Gasteiger partial charge >= 0.3 is 0 Å². The number of benzene rings is 1. The smallest absolute Gasteiger partial charge is 0.269 e. The maximum atomic E-state index is 12.5. The lowest BCUT2D eigenvalue weighted by molar-refractivity contribution is 0.103. The summed E-state index contributed by atoms with van der Waals surface area (Å²) in [5.41, 5.74) is 8.35. The quantitative estimate of drug-likeness (QED) is 0.577. The van der Waals surface area contributed by atoms with E-state index in [1.54, 1.807) is 0 Å². The normalized spacial score (nSPS) is 11.2. The van der Waals surface area contributed by atoms with Crippen molar-refractivity contribution >= 4 is 59.8 Å². The molecule has 0 saturated heterocycles. The van der Waals surface area contributed by atoms with Gasteiger partial charge in [-0.25, -0.2) is 9.97 Å². The van der Waals surface area contributed by atoms with Crippen molar-refractivity contribution in [1.29, 1.82) is 0 Å². The van der Waals surface area contributed by atoms with E-state index in [1.807, 2.05) is 43.3 Å². The lowest BCUT2D eigenvalue weighted by atomic mass is 10.2. The summed E-state index contributed by atoms with van der Waals surface area (Å²) < 4.78 is 1.03. The lowest BCUT2D eigenvalue weighted by Crippen LogP contribution is -2.11. The number of aromatic nitrogens is 2. The molecule has 3 heterocycles. The fraction of sp³-hybridized carbons (Fsp3) is 0.0625. The van der Waals surface area contributed by atoms with E-state index in [-0.39, 0.29) is 5.91 Å². The fourth-order valence-corrected chi connectivity index (χ4v) is 4.23. The minimum absolute atomic E-state index is 0.248. The molecular weight excluding hydrogens is 328 g/mol. The van der Waals surface area contributed by atoms with Gasteiger partial charge in [0.2, 0.25) is 0 Å². The third-order valence-corrected chi connectivity index (χ3v) is 5.52. The SMILES string of the molecule is Cc1ccc2c(N)c(C(=O)Nc3nc4ccccc4s3)sc2n1. The molecule has 23 heavy (non-hydrogen) atoms. The molecule has 0 atom stereocenters. The first kappa shape index (κ1) is 14.1. The highest BCUT2D eigenvalue weighted by Crippen LogP contribution is 2.33. The van der Waals surface area contributed by atoms with E-state index >= 15 is 0 Å². The molecule has 0 saturated carbocycles. The van der Waals surface area contributed by atoms with Crippen LogP contribution in [0.15, 0.2) is 36.4 Å². The Hall–Kier alpha value is -2.51. The second-order valence-electron chi connectivity index (χ2n) is 5.09. The molecule has 0 unspecified atom stereocenters. The summed E-state index contributed by atoms with van der Waals surface area (Å²) in [4.78, 5) is 22.6. The third kappa shape index (κ3) is 2.43. The van der Waals surface area contributed by atoms with Crippen LogP contribution in [0.1, 0.15) is 15.4 Å². The number of hydrogen-bond donors (Lipinski definition) is 2. The molecule has 0 bridgehead atoms. The number of anilines is 2. The summed E-state index contributed by atoms with van der Waals surface area (Å²) in [6, 6.07) is 11.6. The number of para-hydroxylation sites is 1. The Bertz CT molecular complexity index is 1020. The molecule has 5 nitrogen and oxygen atoms in total. The summed E-state index contributed by atoms with van der Waals surface area (Å²) in [5, 5.41) is 4.22. The van der Waals surface area contributed by atoms with Gasteiger partial charge in [0.05, 0.1) is 15.9 Å². The van der Waals surface area contributed by atoms with Gasteiger partial charge in [0.1, 0.15) is 9.71 Å². The second kappa shape index (κ2) is 5.29. The van der Waals surface area contributed by atoms with Gasteiger partial charge in [0.15, 0.2) is 5.13 Å². The highest BCUT2D eigenvalue weighted by molar-refractivity contribution is 7.23. The van der Waals surface area contributed by atoms with Gasteiger partial charge in [-0.1, -0.05) is 23.5 Å². The Labute approximate surface area is 139 Å². The number of pyridine rings is 1. The van der Waals surface area contributed by atoms with Gasteiger partial charge in [-0.3, -0.25) is 10.1 Å². The predicted octanol–water partition coefficient (Wildman–Crippen LogP) is 4.05. The zero-order chi connectivity index (χ0) is 16.0. The van der Waals surface area contributed by atoms with Crippen molar-refractivity contribution in [3.05, 3.63) is 47.0 Å². The van der Waals surface area contributed by atoms with Crippen LogP contribution in [-0.4, -0.2) is 15.9 Å². The Kier molecular flexibility index (Phi) is 3.24. The predicted molar refractivity (Wildman–Crippen MR) is 96.3 cm³/mol. The van der Waals surface area contributed by atoms with E-state index < -0.39 is 0 Å². The molecule has 0 aliphatic rings. The van der Waals surface area contributed by atoms with Crippen molar-refractivity contribution in [2.75, 3.05) is 11.1 Å². The lowest BCUT2D eigenvalue weighted by Gasteiger charge is -1.99. The first-order chi connectivity index (χ1) is 11.1. The summed E-state index contributed by atoms with van der Waals surface area (Å²) >= 11 is 2.74. The van der Waals surface area contributed by atoms with Crippen LogP contribution in [0, 0.1) is 6.92 Å². The maximum absolute atomic E-state index is 12.5. The van der Waals surface area contributed by atoms with E-state index in [4.69, 9.17) is 5.73 Å². The maximum Gasteiger partial charge on any atom is 0.269 e. The van der Waals surface area contributed by atoms with Crippen LogP contribution >= 0.6 is 22.7 Å². The minimum Gasteiger partial charge on any atom is -0.397 e. The number of thiophene rings is 1.